The van der Waals surface area contributed by atoms with Gasteiger partial charge in [-0.2, -0.15) is 0 Å². The number of para-hydroxylation sites is 4. The SMILES string of the molecule is c1cc2c3c(c1)-n1c4cc5c(cc4c4cccc(c41)B3c1cccc3c4cc6c(cc4n-2c13)c1ccccc1n6-c1cccc2ccccc12)c1ccccc1n5-c1cccc2ccccc12. The van der Waals surface area contributed by atoms with Gasteiger partial charge < -0.3 is 18.3 Å². The van der Waals surface area contributed by atoms with Crippen LogP contribution in [-0.4, -0.2) is 25.0 Å². The molecule has 2 aliphatic rings. The van der Waals surface area contributed by atoms with Gasteiger partial charge in [-0.3, -0.25) is 0 Å². The van der Waals surface area contributed by atoms with E-state index in [1.54, 1.807) is 0 Å². The van der Waals surface area contributed by atoms with Gasteiger partial charge in [-0.15, -0.1) is 0 Å². The van der Waals surface area contributed by atoms with E-state index in [0.717, 1.165) is 0 Å². The van der Waals surface area contributed by atoms with E-state index in [9.17, 15) is 0 Å². The first-order valence-electron chi connectivity index (χ1n) is 23.4. The molecule has 0 spiro atoms. The van der Waals surface area contributed by atoms with Gasteiger partial charge in [-0.1, -0.05) is 152 Å². The Balaban J connectivity index is 0.979. The molecule has 4 aromatic heterocycles. The molecule has 2 aliphatic heterocycles. The molecule has 0 unspecified atom stereocenters. The molecule has 11 aromatic carbocycles. The summed E-state index contributed by atoms with van der Waals surface area (Å²) in [6.45, 7) is 0.0757. The van der Waals surface area contributed by atoms with Gasteiger partial charge in [0.05, 0.1) is 44.5 Å². The first kappa shape index (κ1) is 34.6. The first-order chi connectivity index (χ1) is 33.3. The molecule has 67 heavy (non-hydrogen) atoms. The number of fused-ring (bicyclic) bond motifs is 18. The maximum atomic E-state index is 2.60. The molecule has 0 aliphatic carbocycles. The van der Waals surface area contributed by atoms with E-state index in [2.05, 4.69) is 231 Å². The maximum absolute atomic E-state index is 2.60. The summed E-state index contributed by atoms with van der Waals surface area (Å²) in [5.41, 5.74) is 19.0. The quantitative estimate of drug-likeness (QED) is 0.155. The molecule has 0 saturated carbocycles. The number of hydrogen-bond donors (Lipinski definition) is 0. The van der Waals surface area contributed by atoms with E-state index in [1.165, 1.54) is 148 Å². The maximum Gasteiger partial charge on any atom is 0.252 e. The van der Waals surface area contributed by atoms with E-state index >= 15 is 0 Å². The Morgan fingerprint density at radius 3 is 1.19 bits per heavy atom. The molecule has 17 rings (SSSR count). The van der Waals surface area contributed by atoms with Crippen LogP contribution in [0.1, 0.15) is 0 Å². The van der Waals surface area contributed by atoms with Crippen LogP contribution in [-0.2, 0) is 0 Å². The summed E-state index contributed by atoms with van der Waals surface area (Å²) < 4.78 is 10.2. The molecular formula is C62H35BN4. The molecule has 4 nitrogen and oxygen atoms in total. The Labute approximate surface area is 383 Å². The fourth-order valence-electron chi connectivity index (χ4n) is 13.1. The minimum absolute atomic E-state index is 0.0757. The highest BCUT2D eigenvalue weighted by Gasteiger charge is 2.40. The van der Waals surface area contributed by atoms with Crippen LogP contribution in [0.4, 0.5) is 0 Å². The fourth-order valence-corrected chi connectivity index (χ4v) is 13.1. The highest BCUT2D eigenvalue weighted by Crippen LogP contribution is 2.45. The van der Waals surface area contributed by atoms with Crippen LogP contribution >= 0.6 is 0 Å². The number of hydrogen-bond acceptors (Lipinski definition) is 0. The van der Waals surface area contributed by atoms with E-state index in [1.807, 2.05) is 0 Å². The topological polar surface area (TPSA) is 19.7 Å². The van der Waals surface area contributed by atoms with Gasteiger partial charge >= 0.3 is 0 Å². The lowest BCUT2D eigenvalue weighted by atomic mass is 9.34. The molecular weight excluding hydrogens is 812 g/mol. The molecule has 0 amide bonds. The molecule has 0 saturated heterocycles. The van der Waals surface area contributed by atoms with Crippen LogP contribution in [0.25, 0.3) is 132 Å². The monoisotopic (exact) mass is 846 g/mol. The van der Waals surface area contributed by atoms with Crippen molar-refractivity contribution in [1.82, 2.24) is 18.3 Å². The highest BCUT2D eigenvalue weighted by atomic mass is 15.0. The van der Waals surface area contributed by atoms with E-state index in [0.29, 0.717) is 0 Å². The highest BCUT2D eigenvalue weighted by molar-refractivity contribution is 7.00. The summed E-state index contributed by atoms with van der Waals surface area (Å²) in [7, 11) is 0. The Kier molecular flexibility index (Phi) is 6.25. The van der Waals surface area contributed by atoms with E-state index < -0.39 is 0 Å². The van der Waals surface area contributed by atoms with E-state index in [4.69, 9.17) is 0 Å². The summed E-state index contributed by atoms with van der Waals surface area (Å²) in [6, 6.07) is 79.9. The zero-order valence-electron chi connectivity index (χ0n) is 36.1. The van der Waals surface area contributed by atoms with Crippen LogP contribution in [0.2, 0.25) is 0 Å². The van der Waals surface area contributed by atoms with Gasteiger partial charge in [-0.05, 0) is 87.8 Å². The molecule has 0 atom stereocenters. The third-order valence-electron chi connectivity index (χ3n) is 15.7. The molecule has 15 aromatic rings. The van der Waals surface area contributed by atoms with Crippen LogP contribution in [0.5, 0.6) is 0 Å². The predicted octanol–water partition coefficient (Wildman–Crippen LogP) is 13.5. The van der Waals surface area contributed by atoms with Crippen molar-refractivity contribution >= 4 is 132 Å². The Hall–Kier alpha value is -8.80. The molecule has 306 valence electrons. The summed E-state index contributed by atoms with van der Waals surface area (Å²) in [6.07, 6.45) is 0. The van der Waals surface area contributed by atoms with Crippen molar-refractivity contribution < 1.29 is 0 Å². The smallest absolute Gasteiger partial charge is 0.252 e. The van der Waals surface area contributed by atoms with Gasteiger partial charge in [0.2, 0.25) is 0 Å². The lowest BCUT2D eigenvalue weighted by molar-refractivity contribution is 1.14. The number of nitrogens with zero attached hydrogens (tertiary/aromatic N) is 4. The minimum Gasteiger partial charge on any atom is -0.310 e. The van der Waals surface area contributed by atoms with Gasteiger partial charge in [-0.25, -0.2) is 0 Å². The van der Waals surface area contributed by atoms with Crippen molar-refractivity contribution in [3.05, 3.63) is 212 Å². The van der Waals surface area contributed by atoms with Gasteiger partial charge in [0.15, 0.2) is 0 Å². The standard InChI is InChI=1S/C62H35BN4/c1-3-18-38-36(14-1)16-9-28-50(38)64-53-27-8-6-21-41(53)46-33-57-47(34-56(46)64)43-23-12-25-49-62(43)66(57)54-30-13-31-55-60(54)63(49)48-24-11-22-42-45-32-44-40-20-5-7-26-52(40)65(58(44)35-59(45)67(55)61(42)48)51-29-10-17-37-15-2-4-19-39(37)51/h1-35H. The van der Waals surface area contributed by atoms with Crippen molar-refractivity contribution in [3.8, 4) is 22.7 Å². The summed E-state index contributed by atoms with van der Waals surface area (Å²) in [5.74, 6) is 0. The molecule has 0 fully saturated rings. The first-order valence-corrected chi connectivity index (χ1v) is 23.4. The largest absolute Gasteiger partial charge is 0.310 e. The van der Waals surface area contributed by atoms with Crippen LogP contribution in [0.3, 0.4) is 0 Å². The number of rotatable bonds is 2. The molecule has 5 heteroatoms. The lowest BCUT2D eigenvalue weighted by Crippen LogP contribution is -2.59. The Morgan fingerprint density at radius 1 is 0.239 bits per heavy atom. The minimum atomic E-state index is 0.0757. The second-order valence-electron chi connectivity index (χ2n) is 18.8. The predicted molar refractivity (Wildman–Crippen MR) is 283 cm³/mol. The average molecular weight is 847 g/mol. The van der Waals surface area contributed by atoms with Gasteiger partial charge in [0.25, 0.3) is 6.71 Å². The fraction of sp³-hybridized carbons (Fsp3) is 0. The summed E-state index contributed by atoms with van der Waals surface area (Å²) >= 11 is 0. The number of benzene rings is 11. The van der Waals surface area contributed by atoms with Gasteiger partial charge in [0, 0.05) is 76.3 Å². The normalized spacial score (nSPS) is 13.0. The van der Waals surface area contributed by atoms with Crippen LogP contribution in [0.15, 0.2) is 212 Å². The molecule has 6 heterocycles. The number of aromatic nitrogens is 4. The van der Waals surface area contributed by atoms with Crippen molar-refractivity contribution in [1.29, 1.82) is 0 Å². The molecule has 0 radical (unpaired) electrons. The zero-order chi connectivity index (χ0) is 43.2. The van der Waals surface area contributed by atoms with Crippen molar-refractivity contribution in [2.45, 2.75) is 0 Å². The van der Waals surface area contributed by atoms with Crippen molar-refractivity contribution in [2.75, 3.05) is 0 Å². The molecule has 0 bridgehead atoms. The molecule has 0 N–H and O–H groups in total. The second kappa shape index (κ2) is 12.1. The average Bonchev–Trinajstić information content (AvgIpc) is 4.10. The second-order valence-corrected chi connectivity index (χ2v) is 18.8. The third kappa shape index (κ3) is 4.14. The Bertz CT molecular complexity index is 4740. The van der Waals surface area contributed by atoms with Crippen molar-refractivity contribution in [2.24, 2.45) is 0 Å². The Morgan fingerprint density at radius 2 is 0.612 bits per heavy atom. The lowest BCUT2D eigenvalue weighted by Gasteiger charge is -2.33. The summed E-state index contributed by atoms with van der Waals surface area (Å²) in [4.78, 5) is 0. The van der Waals surface area contributed by atoms with E-state index in [-0.39, 0.29) is 6.71 Å². The third-order valence-corrected chi connectivity index (χ3v) is 15.7. The van der Waals surface area contributed by atoms with Crippen molar-refractivity contribution in [3.63, 3.8) is 0 Å². The zero-order valence-corrected chi connectivity index (χ0v) is 36.1. The van der Waals surface area contributed by atoms with Gasteiger partial charge in [0.1, 0.15) is 0 Å². The summed E-state index contributed by atoms with van der Waals surface area (Å²) in [5, 5.41) is 15.2. The van der Waals surface area contributed by atoms with Crippen LogP contribution < -0.4 is 16.4 Å². The van der Waals surface area contributed by atoms with Crippen LogP contribution in [0, 0.1) is 0 Å².